The Bertz CT molecular complexity index is 478. The fraction of sp³-hybridized carbons (Fsp3) is 0.455. The molecule has 0 unspecified atom stereocenters. The van der Waals surface area contributed by atoms with E-state index in [0.717, 1.165) is 10.7 Å². The molecule has 0 radical (unpaired) electrons. The van der Waals surface area contributed by atoms with E-state index in [0.29, 0.717) is 12.2 Å². The molecule has 2 rings (SSSR count). The minimum atomic E-state index is 0.109. The lowest BCUT2D eigenvalue weighted by atomic mass is 9.93. The predicted octanol–water partition coefficient (Wildman–Crippen LogP) is 2.27. The summed E-state index contributed by atoms with van der Waals surface area (Å²) in [6, 6.07) is 0. The fourth-order valence-corrected chi connectivity index (χ4v) is 2.34. The molecule has 0 saturated carbocycles. The predicted molar refractivity (Wildman–Crippen MR) is 66.6 cm³/mol. The molecule has 4 nitrogen and oxygen atoms in total. The van der Waals surface area contributed by atoms with Gasteiger partial charge in [-0.3, -0.25) is 4.68 Å². The van der Waals surface area contributed by atoms with Crippen LogP contribution in [0.15, 0.2) is 17.8 Å². The van der Waals surface area contributed by atoms with E-state index in [1.165, 1.54) is 0 Å². The summed E-state index contributed by atoms with van der Waals surface area (Å²) in [5.74, 6) is 0. The molecular weight excluding hydrogens is 220 g/mol. The Labute approximate surface area is 99.1 Å². The molecule has 0 saturated heterocycles. The zero-order valence-electron chi connectivity index (χ0n) is 9.77. The first-order valence-electron chi connectivity index (χ1n) is 5.18. The Balaban J connectivity index is 2.14. The van der Waals surface area contributed by atoms with Crippen LogP contribution in [-0.4, -0.2) is 14.8 Å². The number of thiazole rings is 1. The molecule has 0 bridgehead atoms. The first-order chi connectivity index (χ1) is 7.45. The molecular formula is C11H16N4S. The number of nitrogens with zero attached hydrogens (tertiary/aromatic N) is 3. The van der Waals surface area contributed by atoms with Gasteiger partial charge in [-0.25, -0.2) is 4.98 Å². The lowest BCUT2D eigenvalue weighted by molar-refractivity contribution is 0.568. The van der Waals surface area contributed by atoms with E-state index in [1.54, 1.807) is 22.2 Å². The van der Waals surface area contributed by atoms with E-state index in [2.05, 4.69) is 36.2 Å². The summed E-state index contributed by atoms with van der Waals surface area (Å²) in [6.45, 7) is 7.19. The summed E-state index contributed by atoms with van der Waals surface area (Å²) >= 11 is 1.67. The molecule has 5 heteroatoms. The van der Waals surface area contributed by atoms with Crippen LogP contribution in [0.1, 0.15) is 31.5 Å². The van der Waals surface area contributed by atoms with Gasteiger partial charge in [-0.1, -0.05) is 20.8 Å². The van der Waals surface area contributed by atoms with Crippen molar-refractivity contribution in [3.05, 3.63) is 28.5 Å². The Hall–Kier alpha value is -1.36. The first kappa shape index (κ1) is 11.1. The summed E-state index contributed by atoms with van der Waals surface area (Å²) in [5, 5.41) is 7.32. The molecule has 2 N–H and O–H groups in total. The maximum Gasteiger partial charge on any atom is 0.114 e. The minimum Gasteiger partial charge on any atom is -0.396 e. The van der Waals surface area contributed by atoms with Gasteiger partial charge < -0.3 is 5.73 Å². The topological polar surface area (TPSA) is 56.7 Å². The molecule has 0 aliphatic rings. The largest absolute Gasteiger partial charge is 0.396 e. The molecule has 0 aromatic carbocycles. The molecule has 2 aromatic heterocycles. The van der Waals surface area contributed by atoms with Crippen molar-refractivity contribution in [1.82, 2.24) is 14.8 Å². The van der Waals surface area contributed by atoms with E-state index < -0.39 is 0 Å². The van der Waals surface area contributed by atoms with Gasteiger partial charge in [0.1, 0.15) is 5.01 Å². The first-order valence-corrected chi connectivity index (χ1v) is 6.06. The molecule has 0 amide bonds. The maximum atomic E-state index is 5.61. The number of hydrogen-bond acceptors (Lipinski definition) is 4. The van der Waals surface area contributed by atoms with Crippen molar-refractivity contribution in [2.24, 2.45) is 0 Å². The Morgan fingerprint density at radius 1 is 1.44 bits per heavy atom. The van der Waals surface area contributed by atoms with E-state index in [4.69, 9.17) is 5.73 Å². The van der Waals surface area contributed by atoms with Crippen molar-refractivity contribution in [1.29, 1.82) is 0 Å². The van der Waals surface area contributed by atoms with Crippen molar-refractivity contribution >= 4 is 17.0 Å². The highest BCUT2D eigenvalue weighted by Gasteiger charge is 2.17. The molecule has 86 valence electrons. The molecule has 0 fully saturated rings. The van der Waals surface area contributed by atoms with Crippen LogP contribution >= 0.6 is 11.3 Å². The van der Waals surface area contributed by atoms with Gasteiger partial charge in [-0.05, 0) is 0 Å². The summed E-state index contributed by atoms with van der Waals surface area (Å²) < 4.78 is 1.81. The number of hydrogen-bond donors (Lipinski definition) is 1. The van der Waals surface area contributed by atoms with Crippen LogP contribution in [0.25, 0.3) is 0 Å². The Morgan fingerprint density at radius 2 is 2.19 bits per heavy atom. The third-order valence-electron chi connectivity index (χ3n) is 2.27. The number of aromatic nitrogens is 3. The van der Waals surface area contributed by atoms with Crippen molar-refractivity contribution < 1.29 is 0 Å². The summed E-state index contributed by atoms with van der Waals surface area (Å²) in [6.07, 6.45) is 3.47. The van der Waals surface area contributed by atoms with Crippen molar-refractivity contribution in [2.75, 3.05) is 5.73 Å². The van der Waals surface area contributed by atoms with Crippen LogP contribution in [0.4, 0.5) is 5.69 Å². The average Bonchev–Trinajstić information content (AvgIpc) is 2.74. The normalized spacial score (nSPS) is 11.9. The van der Waals surface area contributed by atoms with Gasteiger partial charge in [0, 0.05) is 17.0 Å². The highest BCUT2D eigenvalue weighted by Crippen LogP contribution is 2.24. The van der Waals surface area contributed by atoms with Crippen LogP contribution in [0.2, 0.25) is 0 Å². The number of nitrogens with two attached hydrogens (primary N) is 1. The molecule has 0 spiro atoms. The van der Waals surface area contributed by atoms with Crippen molar-refractivity contribution in [3.63, 3.8) is 0 Å². The van der Waals surface area contributed by atoms with E-state index >= 15 is 0 Å². The second-order valence-corrected chi connectivity index (χ2v) is 5.79. The Kier molecular flexibility index (Phi) is 2.71. The van der Waals surface area contributed by atoms with Crippen molar-refractivity contribution in [3.8, 4) is 0 Å². The van der Waals surface area contributed by atoms with Crippen LogP contribution in [-0.2, 0) is 12.0 Å². The molecule has 2 heterocycles. The highest BCUT2D eigenvalue weighted by atomic mass is 32.1. The van der Waals surface area contributed by atoms with Crippen LogP contribution in [0.3, 0.4) is 0 Å². The van der Waals surface area contributed by atoms with Gasteiger partial charge in [0.2, 0.25) is 0 Å². The zero-order chi connectivity index (χ0) is 11.8. The monoisotopic (exact) mass is 236 g/mol. The van der Waals surface area contributed by atoms with E-state index in [-0.39, 0.29) is 5.41 Å². The minimum absolute atomic E-state index is 0.109. The van der Waals surface area contributed by atoms with E-state index in [9.17, 15) is 0 Å². The molecule has 0 aliphatic carbocycles. The summed E-state index contributed by atoms with van der Waals surface area (Å²) in [7, 11) is 0. The second kappa shape index (κ2) is 3.90. The van der Waals surface area contributed by atoms with Gasteiger partial charge in [0.05, 0.1) is 24.1 Å². The lowest BCUT2D eigenvalue weighted by Gasteiger charge is -2.14. The van der Waals surface area contributed by atoms with Gasteiger partial charge in [-0.2, -0.15) is 5.10 Å². The zero-order valence-corrected chi connectivity index (χ0v) is 10.6. The van der Waals surface area contributed by atoms with Gasteiger partial charge in [-0.15, -0.1) is 11.3 Å². The van der Waals surface area contributed by atoms with Gasteiger partial charge in [0.15, 0.2) is 0 Å². The maximum absolute atomic E-state index is 5.61. The van der Waals surface area contributed by atoms with Gasteiger partial charge >= 0.3 is 0 Å². The number of nitrogen functional groups attached to an aromatic ring is 1. The fourth-order valence-electron chi connectivity index (χ4n) is 1.33. The lowest BCUT2D eigenvalue weighted by Crippen LogP contribution is -2.11. The highest BCUT2D eigenvalue weighted by molar-refractivity contribution is 7.09. The average molecular weight is 236 g/mol. The standard InChI is InChI=1S/C11H16N4S/c1-11(2,3)9-7-16-10(14-9)6-15-5-8(12)4-13-15/h4-5,7H,6,12H2,1-3H3. The quantitative estimate of drug-likeness (QED) is 0.870. The van der Waals surface area contributed by atoms with Crippen LogP contribution < -0.4 is 5.73 Å². The third kappa shape index (κ3) is 2.41. The summed E-state index contributed by atoms with van der Waals surface area (Å²) in [4.78, 5) is 4.60. The molecule has 2 aromatic rings. The molecule has 0 aliphatic heterocycles. The number of anilines is 1. The third-order valence-corrected chi connectivity index (χ3v) is 3.10. The second-order valence-electron chi connectivity index (χ2n) is 4.85. The molecule has 16 heavy (non-hydrogen) atoms. The Morgan fingerprint density at radius 3 is 2.69 bits per heavy atom. The van der Waals surface area contributed by atoms with E-state index in [1.807, 2.05) is 6.20 Å². The molecule has 0 atom stereocenters. The SMILES string of the molecule is CC(C)(C)c1csc(Cn2cc(N)cn2)n1. The van der Waals surface area contributed by atoms with Gasteiger partial charge in [0.25, 0.3) is 0 Å². The van der Waals surface area contributed by atoms with Crippen LogP contribution in [0, 0.1) is 0 Å². The summed E-state index contributed by atoms with van der Waals surface area (Å²) in [5.41, 5.74) is 7.54. The number of rotatable bonds is 2. The smallest absolute Gasteiger partial charge is 0.114 e. The van der Waals surface area contributed by atoms with Crippen molar-refractivity contribution in [2.45, 2.75) is 32.7 Å². The van der Waals surface area contributed by atoms with Crippen LogP contribution in [0.5, 0.6) is 0 Å².